The van der Waals surface area contributed by atoms with Gasteiger partial charge in [0.2, 0.25) is 0 Å². The Morgan fingerprint density at radius 3 is 2.71 bits per heavy atom. The lowest BCUT2D eigenvalue weighted by Crippen LogP contribution is -2.22. The molecule has 0 amide bonds. The van der Waals surface area contributed by atoms with Gasteiger partial charge in [0, 0.05) is 13.1 Å². The van der Waals surface area contributed by atoms with Gasteiger partial charge in [0.05, 0.1) is 25.5 Å². The first-order chi connectivity index (χ1) is 9.99. The van der Waals surface area contributed by atoms with Crippen molar-refractivity contribution in [2.24, 2.45) is 0 Å². The molecule has 0 aliphatic carbocycles. The third-order valence-electron chi connectivity index (χ3n) is 3.23. The van der Waals surface area contributed by atoms with Crippen molar-refractivity contribution in [2.45, 2.75) is 19.4 Å². The number of hydrogen-bond acceptors (Lipinski definition) is 8. The predicted octanol–water partition coefficient (Wildman–Crippen LogP) is 0.865. The molecule has 1 aromatic heterocycles. The summed E-state index contributed by atoms with van der Waals surface area (Å²) in [5.41, 5.74) is 6.18. The highest BCUT2D eigenvalue weighted by molar-refractivity contribution is 7.19. The number of carbonyl (C=O) groups excluding carboxylic acids is 2. The number of β-amino-alcohol motifs (C(OH)–C–C–N with tert-alkyl or cyclic N) is 1. The van der Waals surface area contributed by atoms with Crippen LogP contribution >= 0.6 is 11.3 Å². The van der Waals surface area contributed by atoms with E-state index >= 15 is 0 Å². The zero-order chi connectivity index (χ0) is 15.6. The average Bonchev–Trinajstić information content (AvgIpc) is 3.02. The number of anilines is 2. The van der Waals surface area contributed by atoms with E-state index in [1.807, 2.05) is 4.90 Å². The van der Waals surface area contributed by atoms with Crippen LogP contribution in [-0.4, -0.2) is 50.0 Å². The molecule has 1 saturated heterocycles. The fourth-order valence-corrected chi connectivity index (χ4v) is 3.39. The summed E-state index contributed by atoms with van der Waals surface area (Å²) in [6.45, 7) is 2.89. The summed E-state index contributed by atoms with van der Waals surface area (Å²) in [6.07, 6.45) is 0.151. The maximum atomic E-state index is 12.1. The van der Waals surface area contributed by atoms with Gasteiger partial charge in [-0.05, 0) is 13.3 Å². The fraction of sp³-hybridized carbons (Fsp3) is 0.538. The van der Waals surface area contributed by atoms with Crippen molar-refractivity contribution < 1.29 is 24.2 Å². The van der Waals surface area contributed by atoms with Gasteiger partial charge in [-0.3, -0.25) is 0 Å². The topological polar surface area (TPSA) is 102 Å². The minimum Gasteiger partial charge on any atom is -0.465 e. The SMILES string of the molecule is CCOC(=O)c1c(N2CCC(O)C2)sc(C(=O)OC)c1N. The highest BCUT2D eigenvalue weighted by Gasteiger charge is 2.32. The Morgan fingerprint density at radius 2 is 2.19 bits per heavy atom. The van der Waals surface area contributed by atoms with Crippen LogP contribution in [0.15, 0.2) is 0 Å². The van der Waals surface area contributed by atoms with Crippen LogP contribution < -0.4 is 10.6 Å². The van der Waals surface area contributed by atoms with Crippen molar-refractivity contribution >= 4 is 34.0 Å². The van der Waals surface area contributed by atoms with Crippen molar-refractivity contribution in [3.8, 4) is 0 Å². The molecular formula is C13H18N2O5S. The molecule has 8 heteroatoms. The fourth-order valence-electron chi connectivity index (χ4n) is 2.23. The Hall–Kier alpha value is -1.80. The summed E-state index contributed by atoms with van der Waals surface area (Å²) in [7, 11) is 1.25. The lowest BCUT2D eigenvalue weighted by molar-refractivity contribution is 0.0528. The first-order valence-corrected chi connectivity index (χ1v) is 7.41. The van der Waals surface area contributed by atoms with E-state index < -0.39 is 18.0 Å². The van der Waals surface area contributed by atoms with E-state index in [4.69, 9.17) is 10.5 Å². The van der Waals surface area contributed by atoms with Crippen molar-refractivity contribution in [1.29, 1.82) is 0 Å². The van der Waals surface area contributed by atoms with Crippen molar-refractivity contribution in [1.82, 2.24) is 0 Å². The molecule has 21 heavy (non-hydrogen) atoms. The molecule has 0 spiro atoms. The molecule has 0 bridgehead atoms. The standard InChI is InChI=1S/C13H18N2O5S/c1-3-20-12(17)8-9(14)10(13(18)19-2)21-11(8)15-5-4-7(16)6-15/h7,16H,3-6,14H2,1-2H3. The molecule has 1 atom stereocenters. The maximum Gasteiger partial charge on any atom is 0.350 e. The van der Waals surface area contributed by atoms with E-state index in [2.05, 4.69) is 4.74 Å². The van der Waals surface area contributed by atoms with E-state index in [0.29, 0.717) is 24.5 Å². The van der Waals surface area contributed by atoms with Gasteiger partial charge in [-0.1, -0.05) is 0 Å². The summed E-state index contributed by atoms with van der Waals surface area (Å²) >= 11 is 1.09. The first-order valence-electron chi connectivity index (χ1n) is 6.60. The Labute approximate surface area is 126 Å². The third kappa shape index (κ3) is 2.96. The number of rotatable bonds is 4. The van der Waals surface area contributed by atoms with Crippen LogP contribution in [0.2, 0.25) is 0 Å². The Bertz CT molecular complexity index is 557. The van der Waals surface area contributed by atoms with Gasteiger partial charge in [0.15, 0.2) is 0 Å². The number of nitrogen functional groups attached to an aromatic ring is 1. The summed E-state index contributed by atoms with van der Waals surface area (Å²) in [4.78, 5) is 25.9. The number of esters is 2. The molecule has 116 valence electrons. The van der Waals surface area contributed by atoms with Gasteiger partial charge in [-0.15, -0.1) is 11.3 Å². The molecule has 7 nitrogen and oxygen atoms in total. The Balaban J connectivity index is 2.46. The van der Waals surface area contributed by atoms with Crippen LogP contribution in [0, 0.1) is 0 Å². The van der Waals surface area contributed by atoms with Gasteiger partial charge in [0.1, 0.15) is 15.4 Å². The molecule has 3 N–H and O–H groups in total. The lowest BCUT2D eigenvalue weighted by Gasteiger charge is -2.17. The number of carbonyl (C=O) groups is 2. The Kier molecular flexibility index (Phi) is 4.69. The molecule has 0 aromatic carbocycles. The second-order valence-electron chi connectivity index (χ2n) is 4.63. The maximum absolute atomic E-state index is 12.1. The van der Waals surface area contributed by atoms with E-state index in [1.165, 1.54) is 7.11 Å². The average molecular weight is 314 g/mol. The van der Waals surface area contributed by atoms with Gasteiger partial charge in [0.25, 0.3) is 0 Å². The first kappa shape index (κ1) is 15.6. The van der Waals surface area contributed by atoms with Gasteiger partial charge >= 0.3 is 11.9 Å². The van der Waals surface area contributed by atoms with E-state index in [0.717, 1.165) is 11.3 Å². The van der Waals surface area contributed by atoms with Crippen LogP contribution in [0.3, 0.4) is 0 Å². The van der Waals surface area contributed by atoms with Crippen LogP contribution in [0.5, 0.6) is 0 Å². The van der Waals surface area contributed by atoms with Crippen molar-refractivity contribution in [3.05, 3.63) is 10.4 Å². The summed E-state index contributed by atoms with van der Waals surface area (Å²) in [5.74, 6) is -1.16. The minimum atomic E-state index is -0.589. The third-order valence-corrected chi connectivity index (χ3v) is 4.47. The molecule has 1 aliphatic heterocycles. The van der Waals surface area contributed by atoms with E-state index in [9.17, 15) is 14.7 Å². The predicted molar refractivity (Wildman–Crippen MR) is 78.9 cm³/mol. The van der Waals surface area contributed by atoms with Gasteiger partial charge in [-0.2, -0.15) is 0 Å². The summed E-state index contributed by atoms with van der Waals surface area (Å²) in [6, 6.07) is 0. The molecule has 1 unspecified atom stereocenters. The summed E-state index contributed by atoms with van der Waals surface area (Å²) < 4.78 is 9.69. The van der Waals surface area contributed by atoms with E-state index in [-0.39, 0.29) is 22.7 Å². The lowest BCUT2D eigenvalue weighted by atomic mass is 10.2. The molecule has 2 rings (SSSR count). The smallest absolute Gasteiger partial charge is 0.350 e. The van der Waals surface area contributed by atoms with Gasteiger partial charge < -0.3 is 25.2 Å². The number of hydrogen-bond donors (Lipinski definition) is 2. The molecule has 0 radical (unpaired) electrons. The molecule has 1 fully saturated rings. The number of aliphatic hydroxyl groups is 1. The monoisotopic (exact) mass is 314 g/mol. The normalized spacial score (nSPS) is 17.9. The largest absolute Gasteiger partial charge is 0.465 e. The molecule has 0 saturated carbocycles. The van der Waals surface area contributed by atoms with Crippen molar-refractivity contribution in [2.75, 3.05) is 37.4 Å². The highest BCUT2D eigenvalue weighted by atomic mass is 32.1. The number of thiophene rings is 1. The number of nitrogens with zero attached hydrogens (tertiary/aromatic N) is 1. The second-order valence-corrected chi connectivity index (χ2v) is 5.62. The number of aliphatic hydroxyl groups excluding tert-OH is 1. The van der Waals surface area contributed by atoms with Crippen LogP contribution in [-0.2, 0) is 9.47 Å². The zero-order valence-electron chi connectivity index (χ0n) is 11.9. The molecular weight excluding hydrogens is 296 g/mol. The molecule has 2 heterocycles. The van der Waals surface area contributed by atoms with Crippen molar-refractivity contribution in [3.63, 3.8) is 0 Å². The quantitative estimate of drug-likeness (QED) is 0.795. The number of methoxy groups -OCH3 is 1. The zero-order valence-corrected chi connectivity index (χ0v) is 12.7. The number of ether oxygens (including phenoxy) is 2. The minimum absolute atomic E-state index is 0.0710. The summed E-state index contributed by atoms with van der Waals surface area (Å²) in [5, 5.41) is 10.2. The van der Waals surface area contributed by atoms with Crippen LogP contribution in [0.25, 0.3) is 0 Å². The van der Waals surface area contributed by atoms with E-state index in [1.54, 1.807) is 6.92 Å². The van der Waals surface area contributed by atoms with Crippen LogP contribution in [0.1, 0.15) is 33.4 Å². The number of nitrogens with two attached hydrogens (primary N) is 1. The molecule has 1 aromatic rings. The molecule has 1 aliphatic rings. The van der Waals surface area contributed by atoms with Crippen LogP contribution in [0.4, 0.5) is 10.7 Å². The second kappa shape index (κ2) is 6.31. The Morgan fingerprint density at radius 1 is 1.48 bits per heavy atom. The highest BCUT2D eigenvalue weighted by Crippen LogP contribution is 2.40. The van der Waals surface area contributed by atoms with Gasteiger partial charge in [-0.25, -0.2) is 9.59 Å².